The normalized spacial score (nSPS) is 15.7. The van der Waals surface area contributed by atoms with Crippen LogP contribution in [0.3, 0.4) is 0 Å². The summed E-state index contributed by atoms with van der Waals surface area (Å²) in [7, 11) is 0. The second kappa shape index (κ2) is 8.17. The van der Waals surface area contributed by atoms with Crippen molar-refractivity contribution in [1.29, 1.82) is 0 Å². The van der Waals surface area contributed by atoms with Gasteiger partial charge in [0.25, 0.3) is 5.91 Å². The lowest BCUT2D eigenvalue weighted by Crippen LogP contribution is -2.43. The van der Waals surface area contributed by atoms with Crippen LogP contribution in [0.2, 0.25) is 0 Å². The van der Waals surface area contributed by atoms with E-state index < -0.39 is 0 Å². The van der Waals surface area contributed by atoms with E-state index in [0.717, 1.165) is 49.6 Å². The fraction of sp³-hybridized carbons (Fsp3) is 0.412. The lowest BCUT2D eigenvalue weighted by molar-refractivity contribution is -0.119. The Balaban J connectivity index is 1.55. The zero-order valence-electron chi connectivity index (χ0n) is 14.1. The highest BCUT2D eigenvalue weighted by Crippen LogP contribution is 2.16. The van der Waals surface area contributed by atoms with Gasteiger partial charge in [-0.15, -0.1) is 0 Å². The number of amides is 2. The Labute approximate surface area is 150 Å². The summed E-state index contributed by atoms with van der Waals surface area (Å²) in [5.41, 5.74) is 1.71. The molecule has 0 aliphatic carbocycles. The predicted octanol–water partition coefficient (Wildman–Crippen LogP) is 1.89. The first kappa shape index (κ1) is 17.5. The molecule has 0 radical (unpaired) electrons. The number of aromatic nitrogens is 2. The third-order valence-electron chi connectivity index (χ3n) is 4.17. The van der Waals surface area contributed by atoms with E-state index in [1.54, 1.807) is 13.0 Å². The SMILES string of the molecule is CC(=O)NC1CCN(Cc2cccc(C(=O)Nc3ncns3)c2)CC1. The molecule has 2 N–H and O–H groups in total. The topological polar surface area (TPSA) is 87.2 Å². The molecule has 3 rings (SSSR count). The molecule has 25 heavy (non-hydrogen) atoms. The van der Waals surface area contributed by atoms with Gasteiger partial charge in [0, 0.05) is 49.7 Å². The molecule has 0 unspecified atom stereocenters. The number of hydrogen-bond donors (Lipinski definition) is 2. The number of benzene rings is 1. The quantitative estimate of drug-likeness (QED) is 0.851. The number of nitrogens with zero attached hydrogens (tertiary/aromatic N) is 3. The van der Waals surface area contributed by atoms with Crippen LogP contribution < -0.4 is 10.6 Å². The average molecular weight is 359 g/mol. The number of hydrogen-bond acceptors (Lipinski definition) is 6. The van der Waals surface area contributed by atoms with Gasteiger partial charge in [-0.3, -0.25) is 19.8 Å². The van der Waals surface area contributed by atoms with Crippen LogP contribution in [-0.4, -0.2) is 45.2 Å². The molecular weight excluding hydrogens is 338 g/mol. The molecule has 0 spiro atoms. The van der Waals surface area contributed by atoms with Gasteiger partial charge >= 0.3 is 0 Å². The van der Waals surface area contributed by atoms with Crippen LogP contribution in [-0.2, 0) is 11.3 Å². The molecule has 2 heterocycles. The van der Waals surface area contributed by atoms with Gasteiger partial charge in [-0.2, -0.15) is 4.37 Å². The van der Waals surface area contributed by atoms with Gasteiger partial charge in [0.1, 0.15) is 6.33 Å². The Kier molecular flexibility index (Phi) is 5.72. The van der Waals surface area contributed by atoms with Crippen LogP contribution in [0.1, 0.15) is 35.7 Å². The van der Waals surface area contributed by atoms with Crippen LogP contribution in [0.5, 0.6) is 0 Å². The molecule has 1 aromatic heterocycles. The fourth-order valence-corrected chi connectivity index (χ4v) is 3.42. The number of likely N-dealkylation sites (tertiary alicyclic amines) is 1. The van der Waals surface area contributed by atoms with Crippen LogP contribution in [0, 0.1) is 0 Å². The van der Waals surface area contributed by atoms with Crippen molar-refractivity contribution in [3.63, 3.8) is 0 Å². The number of carbonyl (C=O) groups is 2. The first-order valence-corrected chi connectivity index (χ1v) is 9.04. The Morgan fingerprint density at radius 1 is 1.32 bits per heavy atom. The van der Waals surface area contributed by atoms with Crippen molar-refractivity contribution in [3.05, 3.63) is 41.7 Å². The molecule has 0 saturated carbocycles. The largest absolute Gasteiger partial charge is 0.354 e. The van der Waals surface area contributed by atoms with Crippen LogP contribution >= 0.6 is 11.5 Å². The minimum Gasteiger partial charge on any atom is -0.354 e. The van der Waals surface area contributed by atoms with Crippen molar-refractivity contribution in [1.82, 2.24) is 19.6 Å². The molecule has 8 heteroatoms. The summed E-state index contributed by atoms with van der Waals surface area (Å²) in [5, 5.41) is 6.22. The predicted molar refractivity (Wildman–Crippen MR) is 96.4 cm³/mol. The summed E-state index contributed by atoms with van der Waals surface area (Å²) in [6.45, 7) is 4.23. The van der Waals surface area contributed by atoms with Gasteiger partial charge in [0.15, 0.2) is 0 Å². The van der Waals surface area contributed by atoms with Crippen molar-refractivity contribution in [3.8, 4) is 0 Å². The van der Waals surface area contributed by atoms with Gasteiger partial charge in [-0.1, -0.05) is 12.1 Å². The number of carbonyl (C=O) groups excluding carboxylic acids is 2. The molecule has 0 bridgehead atoms. The standard InChI is InChI=1S/C17H21N5O2S/c1-12(23)20-15-5-7-22(8-6-15)10-13-3-2-4-14(9-13)16(24)21-17-18-11-19-25-17/h2-4,9,11,15H,5-8,10H2,1H3,(H,20,23)(H,18,19,21,24). The van der Waals surface area contributed by atoms with Crippen molar-refractivity contribution < 1.29 is 9.59 Å². The molecular formula is C17H21N5O2S. The average Bonchev–Trinajstić information content (AvgIpc) is 3.09. The summed E-state index contributed by atoms with van der Waals surface area (Å²) < 4.78 is 3.87. The minimum absolute atomic E-state index is 0.0348. The van der Waals surface area contributed by atoms with Crippen molar-refractivity contribution in [2.75, 3.05) is 18.4 Å². The molecule has 0 atom stereocenters. The van der Waals surface area contributed by atoms with E-state index in [-0.39, 0.29) is 17.9 Å². The highest BCUT2D eigenvalue weighted by atomic mass is 32.1. The zero-order valence-corrected chi connectivity index (χ0v) is 14.9. The van der Waals surface area contributed by atoms with E-state index in [0.29, 0.717) is 10.7 Å². The van der Waals surface area contributed by atoms with Crippen LogP contribution in [0.15, 0.2) is 30.6 Å². The fourth-order valence-electron chi connectivity index (χ4n) is 2.99. The van der Waals surface area contributed by atoms with Crippen molar-refractivity contribution in [2.24, 2.45) is 0 Å². The van der Waals surface area contributed by atoms with Crippen LogP contribution in [0.4, 0.5) is 5.13 Å². The van der Waals surface area contributed by atoms with E-state index in [1.165, 1.54) is 6.33 Å². The summed E-state index contributed by atoms with van der Waals surface area (Å²) in [6, 6.07) is 7.91. The van der Waals surface area contributed by atoms with Crippen LogP contribution in [0.25, 0.3) is 0 Å². The highest BCUT2D eigenvalue weighted by molar-refractivity contribution is 7.09. The first-order chi connectivity index (χ1) is 12.1. The van der Waals surface area contributed by atoms with E-state index >= 15 is 0 Å². The third-order valence-corrected chi connectivity index (χ3v) is 4.75. The maximum atomic E-state index is 12.3. The molecule has 132 valence electrons. The molecule has 1 aromatic carbocycles. The number of nitrogens with one attached hydrogen (secondary N) is 2. The number of rotatable bonds is 5. The van der Waals surface area contributed by atoms with E-state index in [1.807, 2.05) is 18.2 Å². The third kappa shape index (κ3) is 5.07. The Morgan fingerprint density at radius 3 is 2.80 bits per heavy atom. The van der Waals surface area contributed by atoms with E-state index in [9.17, 15) is 9.59 Å². The van der Waals surface area contributed by atoms with Gasteiger partial charge in [0.05, 0.1) is 0 Å². The lowest BCUT2D eigenvalue weighted by Gasteiger charge is -2.32. The molecule has 1 aliphatic rings. The van der Waals surface area contributed by atoms with Crippen molar-refractivity contribution in [2.45, 2.75) is 32.4 Å². The first-order valence-electron chi connectivity index (χ1n) is 8.26. The van der Waals surface area contributed by atoms with E-state index in [2.05, 4.69) is 24.9 Å². The van der Waals surface area contributed by atoms with Gasteiger partial charge in [-0.05, 0) is 30.5 Å². The summed E-state index contributed by atoms with van der Waals surface area (Å²) in [4.78, 5) is 29.7. The second-order valence-corrected chi connectivity index (χ2v) is 6.93. The van der Waals surface area contributed by atoms with Crippen molar-refractivity contribution >= 4 is 28.5 Å². The van der Waals surface area contributed by atoms with Gasteiger partial charge in [-0.25, -0.2) is 4.98 Å². The monoisotopic (exact) mass is 359 g/mol. The lowest BCUT2D eigenvalue weighted by atomic mass is 10.0. The number of piperidine rings is 1. The Hall–Kier alpha value is -2.32. The minimum atomic E-state index is -0.178. The smallest absolute Gasteiger partial charge is 0.257 e. The molecule has 1 fully saturated rings. The summed E-state index contributed by atoms with van der Waals surface area (Å²) in [5.74, 6) is -0.143. The molecule has 2 aromatic rings. The molecule has 1 aliphatic heterocycles. The molecule has 1 saturated heterocycles. The maximum absolute atomic E-state index is 12.3. The van der Waals surface area contributed by atoms with Gasteiger partial charge in [0.2, 0.25) is 11.0 Å². The summed E-state index contributed by atoms with van der Waals surface area (Å²) in [6.07, 6.45) is 3.33. The summed E-state index contributed by atoms with van der Waals surface area (Å²) >= 11 is 1.15. The van der Waals surface area contributed by atoms with Gasteiger partial charge < -0.3 is 5.32 Å². The molecule has 7 nitrogen and oxygen atoms in total. The van der Waals surface area contributed by atoms with E-state index in [4.69, 9.17) is 0 Å². The Morgan fingerprint density at radius 2 is 2.12 bits per heavy atom. The zero-order chi connectivity index (χ0) is 17.6. The Bertz CT molecular complexity index is 726. The second-order valence-electron chi connectivity index (χ2n) is 6.15. The highest BCUT2D eigenvalue weighted by Gasteiger charge is 2.20. The molecule has 2 amide bonds. The number of anilines is 1. The maximum Gasteiger partial charge on any atom is 0.257 e.